The predicted molar refractivity (Wildman–Crippen MR) is 96.9 cm³/mol. The van der Waals surface area contributed by atoms with E-state index >= 15 is 0 Å². The average molecular weight is 346 g/mol. The lowest BCUT2D eigenvalue weighted by molar-refractivity contribution is -0.154. The summed E-state index contributed by atoms with van der Waals surface area (Å²) in [5.41, 5.74) is 1.57. The fourth-order valence-corrected chi connectivity index (χ4v) is 5.24. The summed E-state index contributed by atoms with van der Waals surface area (Å²) in [5.74, 6) is -0.277. The molecule has 138 valence electrons. The lowest BCUT2D eigenvalue weighted by Crippen LogP contribution is -2.53. The van der Waals surface area contributed by atoms with E-state index in [0.29, 0.717) is 12.8 Å². The van der Waals surface area contributed by atoms with E-state index < -0.39 is 23.4 Å². The number of allylic oxidation sites excluding steroid dienone is 4. The van der Waals surface area contributed by atoms with Crippen LogP contribution in [-0.2, 0) is 4.79 Å². The van der Waals surface area contributed by atoms with Gasteiger partial charge in [-0.25, -0.2) is 0 Å². The van der Waals surface area contributed by atoms with Crippen LogP contribution in [0.2, 0.25) is 0 Å². The number of carbonyl (C=O) groups is 1. The number of carbonyl (C=O) groups excluding carboxylic acids is 1. The van der Waals surface area contributed by atoms with Crippen molar-refractivity contribution in [2.75, 3.05) is 6.61 Å². The van der Waals surface area contributed by atoms with Crippen molar-refractivity contribution in [3.05, 3.63) is 35.5 Å². The number of aliphatic hydroxyl groups excluding tert-OH is 2. The van der Waals surface area contributed by atoms with Gasteiger partial charge in [0.05, 0.1) is 6.10 Å². The number of hydrogen-bond donors (Lipinski definition) is 3. The topological polar surface area (TPSA) is 77.8 Å². The molecule has 0 spiro atoms. The molecular formula is C21H30O4. The number of hydrogen-bond acceptors (Lipinski definition) is 4. The smallest absolute Gasteiger partial charge is 0.190 e. The summed E-state index contributed by atoms with van der Waals surface area (Å²) < 4.78 is 0. The van der Waals surface area contributed by atoms with Crippen molar-refractivity contribution in [1.82, 2.24) is 0 Å². The minimum atomic E-state index is -1.41. The molecular weight excluding hydrogens is 316 g/mol. The zero-order valence-corrected chi connectivity index (χ0v) is 15.1. The van der Waals surface area contributed by atoms with Crippen LogP contribution >= 0.6 is 0 Å². The monoisotopic (exact) mass is 346 g/mol. The summed E-state index contributed by atoms with van der Waals surface area (Å²) in [4.78, 5) is 12.2. The molecule has 0 aromatic heterocycles. The second-order valence-corrected chi connectivity index (χ2v) is 8.24. The molecule has 0 radical (unpaired) electrons. The van der Waals surface area contributed by atoms with Crippen molar-refractivity contribution in [3.63, 3.8) is 0 Å². The Bertz CT molecular complexity index is 632. The Labute approximate surface area is 149 Å². The van der Waals surface area contributed by atoms with Crippen LogP contribution in [0, 0.1) is 11.3 Å². The minimum Gasteiger partial charge on any atom is -0.393 e. The minimum absolute atomic E-state index is 0.167. The summed E-state index contributed by atoms with van der Waals surface area (Å²) >= 11 is 0. The van der Waals surface area contributed by atoms with Gasteiger partial charge in [0.25, 0.3) is 0 Å². The van der Waals surface area contributed by atoms with Crippen molar-refractivity contribution in [2.24, 2.45) is 11.3 Å². The van der Waals surface area contributed by atoms with E-state index in [1.54, 1.807) is 0 Å². The highest BCUT2D eigenvalue weighted by Crippen LogP contribution is 2.59. The second-order valence-electron chi connectivity index (χ2n) is 8.24. The van der Waals surface area contributed by atoms with Crippen LogP contribution in [0.1, 0.15) is 58.3 Å². The maximum atomic E-state index is 12.2. The van der Waals surface area contributed by atoms with E-state index in [0.717, 1.165) is 49.7 Å². The maximum Gasteiger partial charge on any atom is 0.190 e. The van der Waals surface area contributed by atoms with Gasteiger partial charge >= 0.3 is 0 Å². The summed E-state index contributed by atoms with van der Waals surface area (Å²) in [6.45, 7) is 5.51. The highest BCUT2D eigenvalue weighted by Gasteiger charge is 2.61. The van der Waals surface area contributed by atoms with Crippen LogP contribution in [0.3, 0.4) is 0 Å². The first kappa shape index (κ1) is 18.6. The summed E-state index contributed by atoms with van der Waals surface area (Å²) in [7, 11) is 0. The summed E-state index contributed by atoms with van der Waals surface area (Å²) in [6.07, 6.45) is 10.1. The number of fused-ring (bicyclic) bond motifs is 1. The first-order valence-electron chi connectivity index (χ1n) is 9.44. The molecule has 0 unspecified atom stereocenters. The lowest BCUT2D eigenvalue weighted by Gasteiger charge is -2.45. The molecule has 0 saturated heterocycles. The Morgan fingerprint density at radius 1 is 1.28 bits per heavy atom. The van der Waals surface area contributed by atoms with Gasteiger partial charge < -0.3 is 15.3 Å². The molecule has 4 atom stereocenters. The zero-order chi connectivity index (χ0) is 18.2. The van der Waals surface area contributed by atoms with Crippen molar-refractivity contribution in [3.8, 4) is 0 Å². The SMILES string of the molecule is C=C1CC[C@H](O)C/C1=C/C=C1\CCC[C@@]2(C)[C@H]1CC[C@]2(O)C(=O)CO. The van der Waals surface area contributed by atoms with E-state index in [9.17, 15) is 20.1 Å². The molecule has 0 amide bonds. The van der Waals surface area contributed by atoms with Crippen LogP contribution in [0.5, 0.6) is 0 Å². The van der Waals surface area contributed by atoms with E-state index in [-0.39, 0.29) is 12.0 Å². The van der Waals surface area contributed by atoms with Gasteiger partial charge in [0.1, 0.15) is 12.2 Å². The van der Waals surface area contributed by atoms with Crippen LogP contribution in [0.15, 0.2) is 35.5 Å². The Morgan fingerprint density at radius 2 is 2.04 bits per heavy atom. The quantitative estimate of drug-likeness (QED) is 0.734. The molecule has 3 aliphatic rings. The van der Waals surface area contributed by atoms with Crippen molar-refractivity contribution < 1.29 is 20.1 Å². The highest BCUT2D eigenvalue weighted by atomic mass is 16.3. The highest BCUT2D eigenvalue weighted by molar-refractivity contribution is 5.89. The molecule has 3 aliphatic carbocycles. The number of rotatable bonds is 3. The normalized spacial score (nSPS) is 42.0. The Morgan fingerprint density at radius 3 is 2.76 bits per heavy atom. The van der Waals surface area contributed by atoms with Gasteiger partial charge in [-0.15, -0.1) is 0 Å². The van der Waals surface area contributed by atoms with Gasteiger partial charge in [0.15, 0.2) is 5.78 Å². The fraction of sp³-hybridized carbons (Fsp3) is 0.667. The number of ketones is 1. The largest absolute Gasteiger partial charge is 0.393 e. The van der Waals surface area contributed by atoms with Crippen LogP contribution < -0.4 is 0 Å². The molecule has 0 aliphatic heterocycles. The molecule has 0 bridgehead atoms. The van der Waals surface area contributed by atoms with E-state index in [1.807, 2.05) is 6.92 Å². The Hall–Kier alpha value is -1.23. The predicted octanol–water partition coefficient (Wildman–Crippen LogP) is 2.83. The fourth-order valence-electron chi connectivity index (χ4n) is 5.24. The first-order chi connectivity index (χ1) is 11.8. The molecule has 25 heavy (non-hydrogen) atoms. The molecule has 3 rings (SSSR count). The third kappa shape index (κ3) is 3.05. The van der Waals surface area contributed by atoms with Crippen molar-refractivity contribution in [1.29, 1.82) is 0 Å². The van der Waals surface area contributed by atoms with E-state index in [4.69, 9.17) is 0 Å². The molecule has 0 aromatic carbocycles. The molecule has 0 aromatic rings. The molecule has 3 fully saturated rings. The Balaban J connectivity index is 1.87. The molecule has 3 N–H and O–H groups in total. The third-order valence-electron chi connectivity index (χ3n) is 6.91. The van der Waals surface area contributed by atoms with Gasteiger partial charge in [0.2, 0.25) is 0 Å². The molecule has 4 heteroatoms. The maximum absolute atomic E-state index is 12.2. The summed E-state index contributed by atoms with van der Waals surface area (Å²) in [6, 6.07) is 0. The zero-order valence-electron chi connectivity index (χ0n) is 15.1. The second kappa shape index (κ2) is 6.82. The number of Topliss-reactive ketones (excluding diaryl/α,β-unsaturated/α-hetero) is 1. The van der Waals surface area contributed by atoms with Gasteiger partial charge in [0, 0.05) is 5.41 Å². The third-order valence-corrected chi connectivity index (χ3v) is 6.91. The van der Waals surface area contributed by atoms with Crippen LogP contribution in [0.25, 0.3) is 0 Å². The first-order valence-corrected chi connectivity index (χ1v) is 9.44. The van der Waals surface area contributed by atoms with Gasteiger partial charge in [-0.05, 0) is 62.9 Å². The van der Waals surface area contributed by atoms with Gasteiger partial charge in [-0.2, -0.15) is 0 Å². The van der Waals surface area contributed by atoms with Crippen molar-refractivity contribution in [2.45, 2.75) is 70.0 Å². The van der Waals surface area contributed by atoms with E-state index in [2.05, 4.69) is 18.7 Å². The van der Waals surface area contributed by atoms with Crippen LogP contribution in [0.4, 0.5) is 0 Å². The standard InChI is InChI=1S/C21H30O4/c1-14-5-8-17(23)12-16(14)7-6-15-4-3-10-20(2)18(15)9-11-21(20,25)19(24)13-22/h6-7,17-18,22-23,25H,1,3-5,8-13H2,2H3/b15-6+,16-7-/t17-,18-,20-,21-/m0/s1. The summed E-state index contributed by atoms with van der Waals surface area (Å²) in [5, 5.41) is 30.2. The van der Waals surface area contributed by atoms with E-state index in [1.165, 1.54) is 5.57 Å². The molecule has 0 heterocycles. The lowest BCUT2D eigenvalue weighted by atomic mass is 9.60. The van der Waals surface area contributed by atoms with Gasteiger partial charge in [-0.1, -0.05) is 36.8 Å². The van der Waals surface area contributed by atoms with Crippen molar-refractivity contribution >= 4 is 5.78 Å². The number of aliphatic hydroxyl groups is 3. The Kier molecular flexibility index (Phi) is 5.06. The molecule has 4 nitrogen and oxygen atoms in total. The average Bonchev–Trinajstić information content (AvgIpc) is 2.88. The van der Waals surface area contributed by atoms with Crippen LogP contribution in [-0.4, -0.2) is 39.4 Å². The van der Waals surface area contributed by atoms with Gasteiger partial charge in [-0.3, -0.25) is 4.79 Å². The molecule has 3 saturated carbocycles.